The van der Waals surface area contributed by atoms with Crippen LogP contribution in [0.5, 0.6) is 0 Å². The summed E-state index contributed by atoms with van der Waals surface area (Å²) in [4.78, 5) is 2.29. The van der Waals surface area contributed by atoms with Crippen LogP contribution >= 0.6 is 12.2 Å². The number of hydrogen-bond acceptors (Lipinski definition) is 5. The molecule has 17 heavy (non-hydrogen) atoms. The van der Waals surface area contributed by atoms with Gasteiger partial charge in [-0.15, -0.1) is 5.10 Å². The number of rotatable bonds is 5. The van der Waals surface area contributed by atoms with Crippen LogP contribution < -0.4 is 10.6 Å². The third-order valence-electron chi connectivity index (χ3n) is 2.67. The Morgan fingerprint density at radius 1 is 1.41 bits per heavy atom. The first-order valence-corrected chi connectivity index (χ1v) is 5.73. The van der Waals surface area contributed by atoms with E-state index < -0.39 is 0 Å². The maximum atomic E-state index is 5.76. The summed E-state index contributed by atoms with van der Waals surface area (Å²) < 4.78 is 5.03. The molecular weight excluding hydrogens is 236 g/mol. The number of ether oxygens (including phenoxy) is 1. The van der Waals surface area contributed by atoms with Gasteiger partial charge in [0, 0.05) is 20.7 Å². The van der Waals surface area contributed by atoms with E-state index in [0.29, 0.717) is 24.0 Å². The highest BCUT2D eigenvalue weighted by Gasteiger charge is 2.16. The molecule has 6 heteroatoms. The Bertz CT molecular complexity index is 422. The molecule has 0 fully saturated rings. The molecule has 1 rings (SSSR count). The lowest BCUT2D eigenvalue weighted by Crippen LogP contribution is -2.28. The summed E-state index contributed by atoms with van der Waals surface area (Å²) in [5.41, 5.74) is 8.38. The fourth-order valence-electron chi connectivity index (χ4n) is 1.49. The van der Waals surface area contributed by atoms with Crippen LogP contribution in [0.25, 0.3) is 0 Å². The number of methoxy groups -OCH3 is 1. The highest BCUT2D eigenvalue weighted by molar-refractivity contribution is 7.80. The van der Waals surface area contributed by atoms with Gasteiger partial charge in [-0.1, -0.05) is 12.2 Å². The summed E-state index contributed by atoms with van der Waals surface area (Å²) in [6.45, 7) is 5.17. The van der Waals surface area contributed by atoms with Crippen LogP contribution in [-0.4, -0.2) is 42.5 Å². The van der Waals surface area contributed by atoms with E-state index >= 15 is 0 Å². The normalized spacial score (nSPS) is 10.4. The Hall–Kier alpha value is -1.27. The molecule has 0 radical (unpaired) electrons. The van der Waals surface area contributed by atoms with Crippen molar-refractivity contribution in [3.63, 3.8) is 0 Å². The number of aryl methyl sites for hydroxylation is 1. The van der Waals surface area contributed by atoms with E-state index in [4.69, 9.17) is 22.7 Å². The van der Waals surface area contributed by atoms with Gasteiger partial charge in [-0.3, -0.25) is 0 Å². The summed E-state index contributed by atoms with van der Waals surface area (Å²) in [6.07, 6.45) is 0. The lowest BCUT2D eigenvalue weighted by molar-refractivity contribution is 0.206. The summed E-state index contributed by atoms with van der Waals surface area (Å²) in [5, 5.41) is 8.27. The largest absolute Gasteiger partial charge is 0.389 e. The SMILES string of the molecule is COCCN(C)c1nnc(C)c(C)c1C(N)=S. The Balaban J connectivity index is 3.15. The summed E-state index contributed by atoms with van der Waals surface area (Å²) in [5.74, 6) is 0.706. The smallest absolute Gasteiger partial charge is 0.161 e. The Kier molecular flexibility index (Phi) is 4.77. The van der Waals surface area contributed by atoms with E-state index in [-0.39, 0.29) is 0 Å². The lowest BCUT2D eigenvalue weighted by Gasteiger charge is -2.21. The molecule has 0 atom stereocenters. The van der Waals surface area contributed by atoms with Crippen molar-refractivity contribution >= 4 is 23.0 Å². The zero-order valence-corrected chi connectivity index (χ0v) is 11.5. The molecule has 0 unspecified atom stereocenters. The maximum absolute atomic E-state index is 5.76. The van der Waals surface area contributed by atoms with Gasteiger partial charge in [-0.2, -0.15) is 5.10 Å². The molecule has 1 heterocycles. The molecule has 0 amide bonds. The molecule has 0 aromatic carbocycles. The number of aromatic nitrogens is 2. The molecule has 0 aliphatic carbocycles. The summed E-state index contributed by atoms with van der Waals surface area (Å²) in [7, 11) is 3.58. The van der Waals surface area contributed by atoms with Crippen LogP contribution in [0.15, 0.2) is 0 Å². The monoisotopic (exact) mass is 254 g/mol. The molecule has 0 saturated carbocycles. The molecule has 0 aliphatic heterocycles. The molecular formula is C11H18N4OS. The number of anilines is 1. The second-order valence-electron chi connectivity index (χ2n) is 3.89. The molecule has 2 N–H and O–H groups in total. The van der Waals surface area contributed by atoms with Crippen molar-refractivity contribution in [3.8, 4) is 0 Å². The van der Waals surface area contributed by atoms with E-state index in [9.17, 15) is 0 Å². The highest BCUT2D eigenvalue weighted by atomic mass is 32.1. The van der Waals surface area contributed by atoms with Gasteiger partial charge in [-0.05, 0) is 19.4 Å². The highest BCUT2D eigenvalue weighted by Crippen LogP contribution is 2.20. The first kappa shape index (κ1) is 13.8. The topological polar surface area (TPSA) is 64.3 Å². The van der Waals surface area contributed by atoms with Crippen LogP contribution in [0, 0.1) is 13.8 Å². The van der Waals surface area contributed by atoms with Crippen LogP contribution in [0.1, 0.15) is 16.8 Å². The van der Waals surface area contributed by atoms with Gasteiger partial charge in [0.2, 0.25) is 0 Å². The van der Waals surface area contributed by atoms with Crippen LogP contribution in [-0.2, 0) is 4.74 Å². The third kappa shape index (κ3) is 3.10. The molecule has 0 spiro atoms. The number of hydrogen-bond donors (Lipinski definition) is 1. The number of thiocarbonyl (C=S) groups is 1. The molecule has 5 nitrogen and oxygen atoms in total. The van der Waals surface area contributed by atoms with E-state index in [0.717, 1.165) is 16.8 Å². The molecule has 1 aromatic heterocycles. The Morgan fingerprint density at radius 2 is 2.06 bits per heavy atom. The maximum Gasteiger partial charge on any atom is 0.161 e. The second-order valence-corrected chi connectivity index (χ2v) is 4.33. The predicted molar refractivity (Wildman–Crippen MR) is 72.5 cm³/mol. The van der Waals surface area contributed by atoms with E-state index in [1.807, 2.05) is 25.8 Å². The van der Waals surface area contributed by atoms with Crippen molar-refractivity contribution in [1.29, 1.82) is 0 Å². The first-order chi connectivity index (χ1) is 7.99. The Morgan fingerprint density at radius 3 is 2.59 bits per heavy atom. The van der Waals surface area contributed by atoms with Gasteiger partial charge in [0.05, 0.1) is 17.9 Å². The fourth-order valence-corrected chi connectivity index (χ4v) is 1.74. The minimum atomic E-state index is 0.347. The minimum absolute atomic E-state index is 0.347. The Labute approximate surface area is 107 Å². The van der Waals surface area contributed by atoms with Gasteiger partial charge < -0.3 is 15.4 Å². The summed E-state index contributed by atoms with van der Waals surface area (Å²) in [6, 6.07) is 0. The van der Waals surface area contributed by atoms with E-state index in [1.165, 1.54) is 0 Å². The van der Waals surface area contributed by atoms with Crippen molar-refractivity contribution in [2.45, 2.75) is 13.8 Å². The zero-order valence-electron chi connectivity index (χ0n) is 10.6. The van der Waals surface area contributed by atoms with Gasteiger partial charge in [-0.25, -0.2) is 0 Å². The molecule has 0 saturated heterocycles. The van der Waals surface area contributed by atoms with Gasteiger partial charge >= 0.3 is 0 Å². The van der Waals surface area contributed by atoms with Gasteiger partial charge in [0.15, 0.2) is 5.82 Å². The zero-order chi connectivity index (χ0) is 13.0. The average molecular weight is 254 g/mol. The van der Waals surface area contributed by atoms with Crippen molar-refractivity contribution in [1.82, 2.24) is 10.2 Å². The van der Waals surface area contributed by atoms with Crippen LogP contribution in [0.3, 0.4) is 0 Å². The third-order valence-corrected chi connectivity index (χ3v) is 2.88. The van der Waals surface area contributed by atoms with Crippen LogP contribution in [0.2, 0.25) is 0 Å². The molecule has 0 aliphatic rings. The quantitative estimate of drug-likeness (QED) is 0.785. The molecule has 94 valence electrons. The van der Waals surface area contributed by atoms with Crippen molar-refractivity contribution in [3.05, 3.63) is 16.8 Å². The number of nitrogens with zero attached hydrogens (tertiary/aromatic N) is 3. The predicted octanol–water partition coefficient (Wildman–Crippen LogP) is 0.810. The van der Waals surface area contributed by atoms with E-state index in [1.54, 1.807) is 7.11 Å². The van der Waals surface area contributed by atoms with Crippen molar-refractivity contribution in [2.24, 2.45) is 5.73 Å². The van der Waals surface area contributed by atoms with Gasteiger partial charge in [0.1, 0.15) is 4.99 Å². The number of likely N-dealkylation sites (N-methyl/N-ethyl adjacent to an activating group) is 1. The van der Waals surface area contributed by atoms with Gasteiger partial charge in [0.25, 0.3) is 0 Å². The summed E-state index contributed by atoms with van der Waals surface area (Å²) >= 11 is 5.08. The molecule has 0 bridgehead atoms. The number of nitrogens with two attached hydrogens (primary N) is 1. The van der Waals surface area contributed by atoms with Crippen molar-refractivity contribution < 1.29 is 4.74 Å². The average Bonchev–Trinajstić information content (AvgIpc) is 2.28. The van der Waals surface area contributed by atoms with Crippen LogP contribution in [0.4, 0.5) is 5.82 Å². The standard InChI is InChI=1S/C11H18N4OS/c1-7-8(2)13-14-11(9(7)10(12)17)15(3)5-6-16-4/h5-6H2,1-4H3,(H2,12,17). The van der Waals surface area contributed by atoms with Crippen molar-refractivity contribution in [2.75, 3.05) is 32.2 Å². The molecule has 1 aromatic rings. The lowest BCUT2D eigenvalue weighted by atomic mass is 10.1. The van der Waals surface area contributed by atoms with E-state index in [2.05, 4.69) is 10.2 Å². The minimum Gasteiger partial charge on any atom is -0.389 e. The fraction of sp³-hybridized carbons (Fsp3) is 0.545. The second kappa shape index (κ2) is 5.88. The first-order valence-electron chi connectivity index (χ1n) is 5.32.